The molecule has 80 valence electrons. The lowest BCUT2D eigenvalue weighted by Crippen LogP contribution is -2.42. The summed E-state index contributed by atoms with van der Waals surface area (Å²) in [6.07, 6.45) is 1.61. The van der Waals surface area contributed by atoms with E-state index in [-0.39, 0.29) is 5.78 Å². The average Bonchev–Trinajstić information content (AvgIpc) is 2.12. The second-order valence-electron chi connectivity index (χ2n) is 4.95. The summed E-state index contributed by atoms with van der Waals surface area (Å²) in [7, 11) is 0. The number of hydrogen-bond donors (Lipinski definition) is 1. The number of carbonyl (C=O) groups is 1. The first-order valence-electron chi connectivity index (χ1n) is 5.38. The van der Waals surface area contributed by atoms with Crippen molar-refractivity contribution in [1.82, 2.24) is 0 Å². The van der Waals surface area contributed by atoms with Crippen molar-refractivity contribution in [3.63, 3.8) is 0 Å². The molecule has 0 saturated carbocycles. The van der Waals surface area contributed by atoms with Crippen LogP contribution in [0.15, 0.2) is 24.3 Å². The standard InChI is InChI=1S/C13H17NO/c1-13(2,14)12(15)8-10-7-9-5-3-4-6-11(9)10/h3-6,10H,7-8,14H2,1-2H3. The summed E-state index contributed by atoms with van der Waals surface area (Å²) < 4.78 is 0. The monoisotopic (exact) mass is 203 g/mol. The van der Waals surface area contributed by atoms with Gasteiger partial charge in [0.2, 0.25) is 0 Å². The predicted molar refractivity (Wildman–Crippen MR) is 60.8 cm³/mol. The van der Waals surface area contributed by atoms with Crippen LogP contribution in [0.5, 0.6) is 0 Å². The van der Waals surface area contributed by atoms with E-state index in [4.69, 9.17) is 5.73 Å². The van der Waals surface area contributed by atoms with Crippen LogP contribution >= 0.6 is 0 Å². The van der Waals surface area contributed by atoms with Crippen LogP contribution in [-0.4, -0.2) is 11.3 Å². The van der Waals surface area contributed by atoms with Gasteiger partial charge in [0.15, 0.2) is 5.78 Å². The van der Waals surface area contributed by atoms with Crippen molar-refractivity contribution in [3.8, 4) is 0 Å². The SMILES string of the molecule is CC(C)(N)C(=O)CC1Cc2ccccc21. The van der Waals surface area contributed by atoms with E-state index in [1.54, 1.807) is 13.8 Å². The summed E-state index contributed by atoms with van der Waals surface area (Å²) in [4.78, 5) is 11.8. The predicted octanol–water partition coefficient (Wildman–Crippen LogP) is 2.02. The highest BCUT2D eigenvalue weighted by Crippen LogP contribution is 2.37. The van der Waals surface area contributed by atoms with Crippen LogP contribution < -0.4 is 5.73 Å². The number of ketones is 1. The number of hydrogen-bond acceptors (Lipinski definition) is 2. The molecule has 15 heavy (non-hydrogen) atoms. The summed E-state index contributed by atoms with van der Waals surface area (Å²) in [5.74, 6) is 0.554. The Balaban J connectivity index is 2.04. The summed E-state index contributed by atoms with van der Waals surface area (Å²) in [6, 6.07) is 8.32. The lowest BCUT2D eigenvalue weighted by molar-refractivity contribution is -0.123. The maximum Gasteiger partial charge on any atom is 0.152 e. The van der Waals surface area contributed by atoms with Gasteiger partial charge in [-0.15, -0.1) is 0 Å². The molecule has 0 bridgehead atoms. The Morgan fingerprint density at radius 1 is 1.47 bits per heavy atom. The third-order valence-corrected chi connectivity index (χ3v) is 3.11. The highest BCUT2D eigenvalue weighted by molar-refractivity contribution is 5.88. The molecule has 2 rings (SSSR count). The Morgan fingerprint density at radius 3 is 2.73 bits per heavy atom. The average molecular weight is 203 g/mol. The van der Waals surface area contributed by atoms with E-state index in [9.17, 15) is 4.79 Å². The molecule has 0 saturated heterocycles. The molecule has 0 amide bonds. The number of carbonyl (C=O) groups excluding carboxylic acids is 1. The van der Waals surface area contributed by atoms with E-state index >= 15 is 0 Å². The summed E-state index contributed by atoms with van der Waals surface area (Å²) in [5, 5.41) is 0. The Kier molecular flexibility index (Phi) is 2.39. The molecule has 0 heterocycles. The Morgan fingerprint density at radius 2 is 2.13 bits per heavy atom. The molecule has 0 radical (unpaired) electrons. The van der Waals surface area contributed by atoms with Gasteiger partial charge in [-0.2, -0.15) is 0 Å². The van der Waals surface area contributed by atoms with Crippen LogP contribution in [-0.2, 0) is 11.2 Å². The quantitative estimate of drug-likeness (QED) is 0.816. The van der Waals surface area contributed by atoms with Crippen molar-refractivity contribution < 1.29 is 4.79 Å². The van der Waals surface area contributed by atoms with Gasteiger partial charge in [-0.25, -0.2) is 0 Å². The summed E-state index contributed by atoms with van der Waals surface area (Å²) in [6.45, 7) is 3.56. The van der Waals surface area contributed by atoms with Gasteiger partial charge in [-0.1, -0.05) is 24.3 Å². The normalized spacial score (nSPS) is 19.3. The fourth-order valence-corrected chi connectivity index (χ4v) is 2.03. The Bertz CT molecular complexity index is 390. The topological polar surface area (TPSA) is 43.1 Å². The van der Waals surface area contributed by atoms with Gasteiger partial charge in [0.25, 0.3) is 0 Å². The maximum atomic E-state index is 11.8. The molecule has 0 fully saturated rings. The molecule has 1 aliphatic carbocycles. The van der Waals surface area contributed by atoms with Crippen LogP contribution in [0.2, 0.25) is 0 Å². The number of nitrogens with two attached hydrogens (primary N) is 1. The highest BCUT2D eigenvalue weighted by Gasteiger charge is 2.31. The van der Waals surface area contributed by atoms with Gasteiger partial charge in [0, 0.05) is 6.42 Å². The van der Waals surface area contributed by atoms with E-state index < -0.39 is 5.54 Å². The first kappa shape index (κ1) is 10.4. The fourth-order valence-electron chi connectivity index (χ4n) is 2.03. The van der Waals surface area contributed by atoms with Gasteiger partial charge < -0.3 is 5.73 Å². The molecule has 2 N–H and O–H groups in total. The molecule has 2 nitrogen and oxygen atoms in total. The van der Waals surface area contributed by atoms with Gasteiger partial charge in [-0.05, 0) is 37.3 Å². The lowest BCUT2D eigenvalue weighted by Gasteiger charge is -2.31. The molecule has 2 heteroatoms. The van der Waals surface area contributed by atoms with Crippen molar-refractivity contribution in [3.05, 3.63) is 35.4 Å². The third kappa shape index (κ3) is 1.95. The smallest absolute Gasteiger partial charge is 0.152 e. The van der Waals surface area contributed by atoms with Crippen LogP contribution in [0.3, 0.4) is 0 Å². The number of fused-ring (bicyclic) bond motifs is 1. The van der Waals surface area contributed by atoms with Crippen molar-refractivity contribution in [2.75, 3.05) is 0 Å². The van der Waals surface area contributed by atoms with Crippen LogP contribution in [0, 0.1) is 0 Å². The molecule has 1 aliphatic rings. The highest BCUT2D eigenvalue weighted by atomic mass is 16.1. The molecule has 0 aliphatic heterocycles. The molecule has 0 spiro atoms. The Labute approximate surface area is 90.5 Å². The minimum absolute atomic E-state index is 0.155. The van der Waals surface area contributed by atoms with Gasteiger partial charge in [-0.3, -0.25) is 4.79 Å². The van der Waals surface area contributed by atoms with Crippen LogP contribution in [0.1, 0.15) is 37.3 Å². The molecule has 1 aromatic rings. The lowest BCUT2D eigenvalue weighted by atomic mass is 9.73. The molecular weight excluding hydrogens is 186 g/mol. The number of rotatable bonds is 3. The number of benzene rings is 1. The first-order chi connectivity index (χ1) is 6.98. The molecule has 0 aromatic heterocycles. The fraction of sp³-hybridized carbons (Fsp3) is 0.462. The van der Waals surface area contributed by atoms with E-state index in [2.05, 4.69) is 12.1 Å². The molecular formula is C13H17NO. The van der Waals surface area contributed by atoms with Crippen molar-refractivity contribution >= 4 is 5.78 Å². The minimum Gasteiger partial charge on any atom is -0.319 e. The number of Topliss-reactive ketones (excluding diaryl/α,β-unsaturated/α-hetero) is 1. The van der Waals surface area contributed by atoms with Crippen molar-refractivity contribution in [2.45, 2.75) is 38.1 Å². The second kappa shape index (κ2) is 3.46. The summed E-state index contributed by atoms with van der Waals surface area (Å²) in [5.41, 5.74) is 7.80. The van der Waals surface area contributed by atoms with Gasteiger partial charge in [0.1, 0.15) is 0 Å². The Hall–Kier alpha value is -1.15. The van der Waals surface area contributed by atoms with Crippen molar-refractivity contribution in [2.24, 2.45) is 5.73 Å². The molecule has 1 aromatic carbocycles. The van der Waals surface area contributed by atoms with E-state index in [1.807, 2.05) is 12.1 Å². The summed E-state index contributed by atoms with van der Waals surface area (Å²) >= 11 is 0. The zero-order chi connectivity index (χ0) is 11.1. The van der Waals surface area contributed by atoms with Crippen molar-refractivity contribution in [1.29, 1.82) is 0 Å². The van der Waals surface area contributed by atoms with Gasteiger partial charge in [0.05, 0.1) is 5.54 Å². The first-order valence-corrected chi connectivity index (χ1v) is 5.38. The van der Waals surface area contributed by atoms with E-state index in [0.717, 1.165) is 6.42 Å². The van der Waals surface area contributed by atoms with Crippen LogP contribution in [0.25, 0.3) is 0 Å². The third-order valence-electron chi connectivity index (χ3n) is 3.11. The zero-order valence-electron chi connectivity index (χ0n) is 9.29. The minimum atomic E-state index is -0.690. The molecule has 1 unspecified atom stereocenters. The van der Waals surface area contributed by atoms with Crippen LogP contribution in [0.4, 0.5) is 0 Å². The second-order valence-corrected chi connectivity index (χ2v) is 4.95. The maximum absolute atomic E-state index is 11.8. The molecule has 1 atom stereocenters. The van der Waals surface area contributed by atoms with E-state index in [1.165, 1.54) is 11.1 Å². The largest absolute Gasteiger partial charge is 0.319 e. The van der Waals surface area contributed by atoms with E-state index in [0.29, 0.717) is 12.3 Å². The van der Waals surface area contributed by atoms with Gasteiger partial charge >= 0.3 is 0 Å². The zero-order valence-corrected chi connectivity index (χ0v) is 9.29.